The van der Waals surface area contributed by atoms with Crippen LogP contribution in [0.3, 0.4) is 0 Å². The lowest BCUT2D eigenvalue weighted by Gasteiger charge is -2.43. The molecule has 0 fully saturated rings. The molecule has 0 saturated heterocycles. The molecule has 0 N–H and O–H groups in total. The van der Waals surface area contributed by atoms with Gasteiger partial charge in [-0.05, 0) is 33.6 Å². The van der Waals surface area contributed by atoms with Gasteiger partial charge in [0, 0.05) is 18.1 Å². The van der Waals surface area contributed by atoms with Gasteiger partial charge in [-0.2, -0.15) is 0 Å². The Balaban J connectivity index is 0.00000484. The Morgan fingerprint density at radius 1 is 1.09 bits per heavy atom. The lowest BCUT2D eigenvalue weighted by atomic mass is 9.96. The quantitative estimate of drug-likeness (QED) is 0.348. The third kappa shape index (κ3) is 5.57. The first-order valence-corrected chi connectivity index (χ1v) is 8.62. The van der Waals surface area contributed by atoms with Gasteiger partial charge >= 0.3 is 0 Å². The van der Waals surface area contributed by atoms with Crippen molar-refractivity contribution < 1.29 is 26.4 Å². The first-order valence-electron chi connectivity index (χ1n) is 8.62. The second-order valence-electron chi connectivity index (χ2n) is 6.05. The average Bonchev–Trinajstić information content (AvgIpc) is 2.54. The van der Waals surface area contributed by atoms with E-state index in [0.29, 0.717) is 6.04 Å². The molecule has 0 bridgehead atoms. The van der Waals surface area contributed by atoms with E-state index in [9.17, 15) is 10.1 Å². The molecule has 0 saturated carbocycles. The van der Waals surface area contributed by atoms with E-state index in [0.717, 1.165) is 42.5 Å². The normalized spacial score (nSPS) is 12.5. The van der Waals surface area contributed by atoms with Crippen molar-refractivity contribution in [3.63, 3.8) is 0 Å². The summed E-state index contributed by atoms with van der Waals surface area (Å²) in [5.74, 6) is 0. The van der Waals surface area contributed by atoms with Crippen LogP contribution in [-0.2, 0) is 6.42 Å². The van der Waals surface area contributed by atoms with Crippen LogP contribution in [0.2, 0.25) is 0 Å². The molecular formula is C18H31BrN2O2. The molecule has 1 aromatic rings. The van der Waals surface area contributed by atoms with Crippen molar-refractivity contribution in [1.82, 2.24) is 0 Å². The zero-order valence-electron chi connectivity index (χ0n) is 14.9. The summed E-state index contributed by atoms with van der Waals surface area (Å²) in [5, 5.41) is 11.3. The van der Waals surface area contributed by atoms with E-state index in [1.54, 1.807) is 12.1 Å². The highest BCUT2D eigenvalue weighted by Gasteiger charge is 2.33. The number of quaternary nitrogens is 1. The van der Waals surface area contributed by atoms with Gasteiger partial charge in [-0.1, -0.05) is 31.5 Å². The average molecular weight is 387 g/mol. The maximum absolute atomic E-state index is 11.3. The molecule has 0 aliphatic carbocycles. The maximum Gasteiger partial charge on any atom is 0.272 e. The summed E-state index contributed by atoms with van der Waals surface area (Å²) in [6.45, 7) is 12.2. The molecule has 1 aromatic carbocycles. The van der Waals surface area contributed by atoms with Crippen LogP contribution in [0.1, 0.15) is 52.5 Å². The Bertz CT molecular complexity index is 468. The lowest BCUT2D eigenvalue weighted by molar-refractivity contribution is -0.947. The second-order valence-corrected chi connectivity index (χ2v) is 6.05. The summed E-state index contributed by atoms with van der Waals surface area (Å²) in [5.41, 5.74) is 1.15. The number of unbranched alkanes of at least 4 members (excludes halogenated alkanes) is 1. The van der Waals surface area contributed by atoms with Gasteiger partial charge in [0.2, 0.25) is 0 Å². The Kier molecular flexibility index (Phi) is 10.3. The van der Waals surface area contributed by atoms with Gasteiger partial charge in [0.15, 0.2) is 0 Å². The minimum atomic E-state index is -0.245. The molecule has 0 heterocycles. The van der Waals surface area contributed by atoms with Crippen LogP contribution in [0, 0.1) is 10.1 Å². The SMILES string of the molecule is CCCCC(Cc1ccccc1[N+](=O)[O-])[N+](CC)(CC)CC.[Br-]. The zero-order chi connectivity index (χ0) is 16.6. The molecular weight excluding hydrogens is 356 g/mol. The Morgan fingerprint density at radius 3 is 2.13 bits per heavy atom. The standard InChI is InChI=1S/C18H31N2O2.BrH/c1-5-9-13-17(20(6-2,7-3)8-4)15-16-12-10-11-14-18(16)19(21)22;/h10-12,14,17H,5-9,13,15H2,1-4H3;1H/q+1;/p-1. The fourth-order valence-electron chi connectivity index (χ4n) is 3.57. The monoisotopic (exact) mass is 386 g/mol. The van der Waals surface area contributed by atoms with E-state index >= 15 is 0 Å². The molecule has 0 aliphatic heterocycles. The van der Waals surface area contributed by atoms with Crippen LogP contribution in [0.25, 0.3) is 0 Å². The van der Waals surface area contributed by atoms with Crippen molar-refractivity contribution in [2.75, 3.05) is 19.6 Å². The van der Waals surface area contributed by atoms with E-state index in [2.05, 4.69) is 27.7 Å². The molecule has 0 spiro atoms. The van der Waals surface area contributed by atoms with Crippen molar-refractivity contribution in [3.05, 3.63) is 39.9 Å². The van der Waals surface area contributed by atoms with Crippen LogP contribution < -0.4 is 17.0 Å². The lowest BCUT2D eigenvalue weighted by Crippen LogP contribution is -3.00. The van der Waals surface area contributed by atoms with E-state index in [4.69, 9.17) is 0 Å². The molecule has 0 amide bonds. The minimum Gasteiger partial charge on any atom is -1.00 e. The highest BCUT2D eigenvalue weighted by molar-refractivity contribution is 5.40. The van der Waals surface area contributed by atoms with Crippen LogP contribution in [0.4, 0.5) is 5.69 Å². The molecule has 4 nitrogen and oxygen atoms in total. The van der Waals surface area contributed by atoms with Crippen molar-refractivity contribution in [3.8, 4) is 0 Å². The van der Waals surface area contributed by atoms with E-state index < -0.39 is 0 Å². The summed E-state index contributed by atoms with van der Waals surface area (Å²) in [6, 6.07) is 7.68. The molecule has 23 heavy (non-hydrogen) atoms. The maximum atomic E-state index is 11.3. The van der Waals surface area contributed by atoms with Crippen LogP contribution in [0.5, 0.6) is 0 Å². The number of nitro benzene ring substituents is 1. The Morgan fingerprint density at radius 2 is 1.65 bits per heavy atom. The Hall–Kier alpha value is -0.940. The number of nitrogens with zero attached hydrogens (tertiary/aromatic N) is 2. The molecule has 1 atom stereocenters. The van der Waals surface area contributed by atoms with E-state index in [1.165, 1.54) is 12.8 Å². The molecule has 1 rings (SSSR count). The van der Waals surface area contributed by atoms with Crippen LogP contribution in [-0.4, -0.2) is 35.1 Å². The van der Waals surface area contributed by atoms with Crippen molar-refractivity contribution in [1.29, 1.82) is 0 Å². The predicted molar refractivity (Wildman–Crippen MR) is 92.0 cm³/mol. The van der Waals surface area contributed by atoms with Gasteiger partial charge in [-0.15, -0.1) is 0 Å². The molecule has 0 aromatic heterocycles. The van der Waals surface area contributed by atoms with Crippen LogP contribution >= 0.6 is 0 Å². The van der Waals surface area contributed by atoms with E-state index in [-0.39, 0.29) is 27.6 Å². The molecule has 1 unspecified atom stereocenters. The van der Waals surface area contributed by atoms with Crippen molar-refractivity contribution in [2.24, 2.45) is 0 Å². The number of hydrogen-bond donors (Lipinski definition) is 0. The van der Waals surface area contributed by atoms with Gasteiger partial charge in [0.1, 0.15) is 0 Å². The minimum absolute atomic E-state index is 0. The highest BCUT2D eigenvalue weighted by Crippen LogP contribution is 2.27. The number of para-hydroxylation sites is 1. The molecule has 5 heteroatoms. The molecule has 0 aliphatic rings. The number of halogens is 1. The van der Waals surface area contributed by atoms with Gasteiger partial charge in [0.25, 0.3) is 5.69 Å². The summed E-state index contributed by atoms with van der Waals surface area (Å²) < 4.78 is 1.05. The second kappa shape index (κ2) is 10.8. The topological polar surface area (TPSA) is 43.1 Å². The number of nitro groups is 1. The molecule has 0 radical (unpaired) electrons. The summed E-state index contributed by atoms with van der Waals surface area (Å²) in [7, 11) is 0. The van der Waals surface area contributed by atoms with Crippen molar-refractivity contribution in [2.45, 2.75) is 59.4 Å². The molecule has 132 valence electrons. The Labute approximate surface area is 151 Å². The third-order valence-electron chi connectivity index (χ3n) is 5.20. The zero-order valence-corrected chi connectivity index (χ0v) is 16.5. The summed E-state index contributed by atoms with van der Waals surface area (Å²) in [4.78, 5) is 11.0. The predicted octanol–water partition coefficient (Wildman–Crippen LogP) is 1.58. The number of likely N-dealkylation sites (N-methyl/N-ethyl adjacent to an activating group) is 1. The third-order valence-corrected chi connectivity index (χ3v) is 5.20. The number of benzene rings is 1. The first kappa shape index (κ1) is 22.1. The largest absolute Gasteiger partial charge is 1.00 e. The fourth-order valence-corrected chi connectivity index (χ4v) is 3.57. The van der Waals surface area contributed by atoms with Crippen LogP contribution in [0.15, 0.2) is 24.3 Å². The summed E-state index contributed by atoms with van der Waals surface area (Å²) in [6.07, 6.45) is 4.29. The number of hydrogen-bond acceptors (Lipinski definition) is 2. The van der Waals surface area contributed by atoms with Gasteiger partial charge in [-0.3, -0.25) is 10.1 Å². The van der Waals surface area contributed by atoms with Gasteiger partial charge in [-0.25, -0.2) is 0 Å². The van der Waals surface area contributed by atoms with Gasteiger partial charge in [0.05, 0.1) is 30.6 Å². The fraction of sp³-hybridized carbons (Fsp3) is 0.667. The van der Waals surface area contributed by atoms with Crippen molar-refractivity contribution >= 4 is 5.69 Å². The highest BCUT2D eigenvalue weighted by atomic mass is 79.9. The first-order chi connectivity index (χ1) is 10.5. The van der Waals surface area contributed by atoms with E-state index in [1.807, 2.05) is 12.1 Å². The summed E-state index contributed by atoms with van der Waals surface area (Å²) >= 11 is 0. The smallest absolute Gasteiger partial charge is 0.272 e. The van der Waals surface area contributed by atoms with Gasteiger partial charge < -0.3 is 21.5 Å². The number of rotatable bonds is 10.